The molecule has 17 heavy (non-hydrogen) atoms. The Labute approximate surface area is 108 Å². The van der Waals surface area contributed by atoms with E-state index in [1.165, 1.54) is 41.3 Å². The normalized spacial score (nSPS) is 25.8. The van der Waals surface area contributed by atoms with E-state index in [9.17, 15) is 0 Å². The summed E-state index contributed by atoms with van der Waals surface area (Å²) in [4.78, 5) is 6.37. The van der Waals surface area contributed by atoms with Crippen LogP contribution in [-0.2, 0) is 18.4 Å². The number of aryl methyl sites for hydroxylation is 1. The maximum atomic E-state index is 6.51. The SMILES string of the molecule is CC1(C)CCc2nc(C3(N)CCCC3)sc2C1. The zero-order valence-corrected chi connectivity index (χ0v) is 11.7. The van der Waals surface area contributed by atoms with Crippen LogP contribution in [0.1, 0.15) is 61.5 Å². The Kier molecular flexibility index (Phi) is 2.60. The lowest BCUT2D eigenvalue weighted by Gasteiger charge is -2.28. The number of nitrogens with zero attached hydrogens (tertiary/aromatic N) is 1. The predicted octanol–water partition coefficient (Wildman–Crippen LogP) is 3.39. The van der Waals surface area contributed by atoms with Crippen LogP contribution in [0.3, 0.4) is 0 Å². The molecule has 2 nitrogen and oxygen atoms in total. The van der Waals surface area contributed by atoms with Gasteiger partial charge in [0.05, 0.1) is 11.2 Å². The van der Waals surface area contributed by atoms with E-state index < -0.39 is 0 Å². The quantitative estimate of drug-likeness (QED) is 0.830. The zero-order valence-electron chi connectivity index (χ0n) is 10.9. The predicted molar refractivity (Wildman–Crippen MR) is 72.3 cm³/mol. The molecule has 0 aromatic carbocycles. The fourth-order valence-electron chi connectivity index (χ4n) is 3.13. The van der Waals surface area contributed by atoms with E-state index in [1.54, 1.807) is 0 Å². The van der Waals surface area contributed by atoms with Crippen molar-refractivity contribution in [1.82, 2.24) is 4.98 Å². The zero-order chi connectivity index (χ0) is 12.1. The van der Waals surface area contributed by atoms with Crippen molar-refractivity contribution in [2.75, 3.05) is 0 Å². The molecule has 0 atom stereocenters. The smallest absolute Gasteiger partial charge is 0.113 e. The van der Waals surface area contributed by atoms with E-state index in [2.05, 4.69) is 13.8 Å². The summed E-state index contributed by atoms with van der Waals surface area (Å²) in [6, 6.07) is 0. The lowest BCUT2D eigenvalue weighted by Crippen LogP contribution is -2.32. The highest BCUT2D eigenvalue weighted by molar-refractivity contribution is 7.11. The molecule has 0 saturated heterocycles. The third kappa shape index (κ3) is 2.04. The van der Waals surface area contributed by atoms with Crippen molar-refractivity contribution >= 4 is 11.3 Å². The monoisotopic (exact) mass is 250 g/mol. The summed E-state index contributed by atoms with van der Waals surface area (Å²) >= 11 is 1.90. The molecule has 0 spiro atoms. The fourth-order valence-corrected chi connectivity index (χ4v) is 4.65. The van der Waals surface area contributed by atoms with Gasteiger partial charge in [0.1, 0.15) is 5.01 Å². The first-order chi connectivity index (χ1) is 7.99. The molecule has 1 aromatic rings. The summed E-state index contributed by atoms with van der Waals surface area (Å²) in [7, 11) is 0. The van der Waals surface area contributed by atoms with E-state index in [0.717, 1.165) is 19.3 Å². The molecular formula is C14H22N2S. The molecule has 3 rings (SSSR count). The van der Waals surface area contributed by atoms with E-state index in [-0.39, 0.29) is 5.54 Å². The average molecular weight is 250 g/mol. The maximum Gasteiger partial charge on any atom is 0.113 e. The molecule has 0 radical (unpaired) electrons. The van der Waals surface area contributed by atoms with Crippen molar-refractivity contribution in [3.8, 4) is 0 Å². The lowest BCUT2D eigenvalue weighted by atomic mass is 9.79. The highest BCUT2D eigenvalue weighted by Gasteiger charge is 2.36. The summed E-state index contributed by atoms with van der Waals surface area (Å²) in [5, 5.41) is 1.22. The number of hydrogen-bond donors (Lipinski definition) is 1. The van der Waals surface area contributed by atoms with Crippen molar-refractivity contribution in [2.45, 2.75) is 64.3 Å². The number of aromatic nitrogens is 1. The van der Waals surface area contributed by atoms with Gasteiger partial charge in [-0.25, -0.2) is 4.98 Å². The van der Waals surface area contributed by atoms with Gasteiger partial charge < -0.3 is 5.73 Å². The molecule has 0 unspecified atom stereocenters. The molecule has 1 aromatic heterocycles. The highest BCUT2D eigenvalue weighted by atomic mass is 32.1. The van der Waals surface area contributed by atoms with Gasteiger partial charge in [0, 0.05) is 4.88 Å². The van der Waals surface area contributed by atoms with Crippen molar-refractivity contribution in [2.24, 2.45) is 11.1 Å². The Bertz CT molecular complexity index is 427. The first-order valence-corrected chi connectivity index (χ1v) is 7.58. The van der Waals surface area contributed by atoms with Crippen LogP contribution < -0.4 is 5.73 Å². The summed E-state index contributed by atoms with van der Waals surface area (Å²) in [5.41, 5.74) is 8.22. The van der Waals surface area contributed by atoms with E-state index in [4.69, 9.17) is 10.7 Å². The molecule has 2 N–H and O–H groups in total. The molecule has 0 bridgehead atoms. The standard InChI is InChI=1S/C14H22N2S/c1-13(2)8-5-10-11(9-13)17-12(16-10)14(15)6-3-4-7-14/h3-9,15H2,1-2H3. The summed E-state index contributed by atoms with van der Waals surface area (Å²) in [6.45, 7) is 4.73. The summed E-state index contributed by atoms with van der Waals surface area (Å²) in [6.07, 6.45) is 8.40. The first-order valence-electron chi connectivity index (χ1n) is 6.77. The molecule has 0 amide bonds. The van der Waals surface area contributed by atoms with Crippen LogP contribution in [0.2, 0.25) is 0 Å². The fraction of sp³-hybridized carbons (Fsp3) is 0.786. The Balaban J connectivity index is 1.92. The first kappa shape index (κ1) is 11.7. The molecule has 1 heterocycles. The molecule has 1 fully saturated rings. The highest BCUT2D eigenvalue weighted by Crippen LogP contribution is 2.43. The molecular weight excluding hydrogens is 228 g/mol. The van der Waals surface area contributed by atoms with Gasteiger partial charge in [-0.3, -0.25) is 0 Å². The second-order valence-electron chi connectivity index (χ2n) is 6.59. The van der Waals surface area contributed by atoms with Crippen LogP contribution in [0.25, 0.3) is 0 Å². The van der Waals surface area contributed by atoms with Crippen LogP contribution >= 0.6 is 11.3 Å². The van der Waals surface area contributed by atoms with Gasteiger partial charge in [-0.2, -0.15) is 0 Å². The van der Waals surface area contributed by atoms with Gasteiger partial charge in [0.25, 0.3) is 0 Å². The molecule has 94 valence electrons. The second-order valence-corrected chi connectivity index (χ2v) is 7.68. The van der Waals surface area contributed by atoms with E-state index in [1.807, 2.05) is 11.3 Å². The topological polar surface area (TPSA) is 38.9 Å². The minimum Gasteiger partial charge on any atom is -0.319 e. The van der Waals surface area contributed by atoms with Crippen LogP contribution in [0.5, 0.6) is 0 Å². The van der Waals surface area contributed by atoms with Crippen LogP contribution in [0.15, 0.2) is 0 Å². The van der Waals surface area contributed by atoms with E-state index >= 15 is 0 Å². The van der Waals surface area contributed by atoms with Gasteiger partial charge in [-0.15, -0.1) is 11.3 Å². The van der Waals surface area contributed by atoms with Gasteiger partial charge in [0.2, 0.25) is 0 Å². The molecule has 2 aliphatic carbocycles. The maximum absolute atomic E-state index is 6.51. The Morgan fingerprint density at radius 3 is 2.59 bits per heavy atom. The average Bonchev–Trinajstić information content (AvgIpc) is 2.83. The molecule has 0 aliphatic heterocycles. The van der Waals surface area contributed by atoms with Gasteiger partial charge in [-0.05, 0) is 37.5 Å². The van der Waals surface area contributed by atoms with Crippen LogP contribution in [0, 0.1) is 5.41 Å². The summed E-state index contributed by atoms with van der Waals surface area (Å²) in [5.74, 6) is 0. The minimum atomic E-state index is -0.0911. The number of rotatable bonds is 1. The summed E-state index contributed by atoms with van der Waals surface area (Å²) < 4.78 is 0. The van der Waals surface area contributed by atoms with Gasteiger partial charge in [-0.1, -0.05) is 26.7 Å². The lowest BCUT2D eigenvalue weighted by molar-refractivity contribution is 0.316. The van der Waals surface area contributed by atoms with Gasteiger partial charge >= 0.3 is 0 Å². The van der Waals surface area contributed by atoms with Crippen molar-refractivity contribution in [3.63, 3.8) is 0 Å². The number of fused-ring (bicyclic) bond motifs is 1. The third-order valence-electron chi connectivity index (χ3n) is 4.38. The van der Waals surface area contributed by atoms with Gasteiger partial charge in [0.15, 0.2) is 0 Å². The largest absolute Gasteiger partial charge is 0.319 e. The second kappa shape index (κ2) is 3.79. The van der Waals surface area contributed by atoms with Crippen LogP contribution in [0.4, 0.5) is 0 Å². The molecule has 3 heteroatoms. The third-order valence-corrected chi connectivity index (χ3v) is 5.70. The molecule has 1 saturated carbocycles. The number of nitrogens with two attached hydrogens (primary N) is 1. The minimum absolute atomic E-state index is 0.0911. The van der Waals surface area contributed by atoms with Crippen molar-refractivity contribution in [3.05, 3.63) is 15.6 Å². The van der Waals surface area contributed by atoms with E-state index in [0.29, 0.717) is 5.41 Å². The Morgan fingerprint density at radius 2 is 1.88 bits per heavy atom. The number of thiazole rings is 1. The Morgan fingerprint density at radius 1 is 1.18 bits per heavy atom. The number of hydrogen-bond acceptors (Lipinski definition) is 3. The Hall–Kier alpha value is -0.410. The van der Waals surface area contributed by atoms with Crippen molar-refractivity contribution in [1.29, 1.82) is 0 Å². The van der Waals surface area contributed by atoms with Crippen molar-refractivity contribution < 1.29 is 0 Å². The molecule has 2 aliphatic rings. The van der Waals surface area contributed by atoms with Crippen LogP contribution in [-0.4, -0.2) is 4.98 Å².